The summed E-state index contributed by atoms with van der Waals surface area (Å²) in [7, 11) is 0. The highest BCUT2D eigenvalue weighted by Crippen LogP contribution is 2.39. The van der Waals surface area contributed by atoms with Crippen LogP contribution in [0.3, 0.4) is 0 Å². The quantitative estimate of drug-likeness (QED) is 0.867. The summed E-state index contributed by atoms with van der Waals surface area (Å²) in [6, 6.07) is 2.13. The highest BCUT2D eigenvalue weighted by molar-refractivity contribution is 7.18. The first kappa shape index (κ1) is 14.7. The molecule has 2 rings (SSSR count). The van der Waals surface area contributed by atoms with Gasteiger partial charge in [0, 0.05) is 13.1 Å². The maximum absolute atomic E-state index is 11.9. The second-order valence-electron chi connectivity index (χ2n) is 5.05. The van der Waals surface area contributed by atoms with Crippen molar-refractivity contribution in [2.45, 2.75) is 26.7 Å². The zero-order valence-electron chi connectivity index (χ0n) is 11.8. The minimum absolute atomic E-state index is 0.254. The number of esters is 1. The van der Waals surface area contributed by atoms with E-state index in [1.807, 2.05) is 0 Å². The van der Waals surface area contributed by atoms with Crippen LogP contribution in [-0.2, 0) is 4.74 Å². The smallest absolute Gasteiger partial charge is 0.350 e. The van der Waals surface area contributed by atoms with Crippen molar-refractivity contribution in [3.05, 3.63) is 10.4 Å². The Morgan fingerprint density at radius 1 is 1.65 bits per heavy atom. The molecule has 0 bridgehead atoms. The first-order chi connectivity index (χ1) is 9.58. The molecular weight excluding hydrogens is 274 g/mol. The van der Waals surface area contributed by atoms with Crippen LogP contribution in [0.15, 0.2) is 0 Å². The van der Waals surface area contributed by atoms with Gasteiger partial charge in [0.05, 0.1) is 12.3 Å². The van der Waals surface area contributed by atoms with Gasteiger partial charge in [-0.15, -0.1) is 11.3 Å². The van der Waals surface area contributed by atoms with Gasteiger partial charge in [-0.2, -0.15) is 5.26 Å². The van der Waals surface area contributed by atoms with Gasteiger partial charge in [0.25, 0.3) is 0 Å². The van der Waals surface area contributed by atoms with E-state index in [9.17, 15) is 10.1 Å². The number of nitrogens with two attached hydrogens (primary N) is 1. The molecule has 1 aromatic rings. The Bertz CT molecular complexity index is 547. The number of carbonyl (C=O) groups excluding carboxylic acids is 1. The minimum Gasteiger partial charge on any atom is -0.462 e. The van der Waals surface area contributed by atoms with E-state index < -0.39 is 5.97 Å². The number of rotatable bonds is 3. The zero-order chi connectivity index (χ0) is 14.7. The lowest BCUT2D eigenvalue weighted by molar-refractivity contribution is 0.0533. The molecule has 1 unspecified atom stereocenters. The molecule has 108 valence electrons. The third-order valence-corrected chi connectivity index (χ3v) is 4.69. The molecule has 0 amide bonds. The van der Waals surface area contributed by atoms with Gasteiger partial charge in [0.2, 0.25) is 0 Å². The van der Waals surface area contributed by atoms with E-state index in [1.54, 1.807) is 6.92 Å². The van der Waals surface area contributed by atoms with Gasteiger partial charge in [-0.3, -0.25) is 0 Å². The second kappa shape index (κ2) is 6.14. The van der Waals surface area contributed by atoms with Crippen molar-refractivity contribution in [3.8, 4) is 6.07 Å². The summed E-state index contributed by atoms with van der Waals surface area (Å²) in [5, 5.41) is 10.1. The highest BCUT2D eigenvalue weighted by atomic mass is 32.1. The Labute approximate surface area is 122 Å². The molecule has 0 aliphatic carbocycles. The molecule has 1 atom stereocenters. The minimum atomic E-state index is -0.442. The molecule has 2 N–H and O–H groups in total. The zero-order valence-corrected chi connectivity index (χ0v) is 12.6. The number of nitrogen functional groups attached to an aromatic ring is 1. The van der Waals surface area contributed by atoms with Gasteiger partial charge in [0.1, 0.15) is 21.5 Å². The predicted octanol–water partition coefficient (Wildman–Crippen LogP) is 2.61. The number of hydrogen-bond donors (Lipinski definition) is 1. The normalized spacial score (nSPS) is 18.6. The number of nitrogens with zero attached hydrogens (tertiary/aromatic N) is 2. The average Bonchev–Trinajstić information content (AvgIpc) is 2.76. The molecule has 1 aliphatic heterocycles. The summed E-state index contributed by atoms with van der Waals surface area (Å²) < 4.78 is 4.99. The standard InChI is InChI=1S/C14H19N3O2S/c1-3-19-14(18)12-11(16)10(7-15)13(20-12)17-6-4-5-9(2)8-17/h9H,3-6,8,16H2,1-2H3. The molecule has 1 fully saturated rings. The van der Waals surface area contributed by atoms with Crippen LogP contribution in [0.2, 0.25) is 0 Å². The van der Waals surface area contributed by atoms with Gasteiger partial charge in [-0.25, -0.2) is 4.79 Å². The number of piperidine rings is 1. The van der Waals surface area contributed by atoms with Gasteiger partial charge < -0.3 is 15.4 Å². The molecule has 1 saturated heterocycles. The summed E-state index contributed by atoms with van der Waals surface area (Å²) in [6.45, 7) is 6.05. The van der Waals surface area contributed by atoms with Crippen LogP contribution >= 0.6 is 11.3 Å². The molecule has 1 aliphatic rings. The monoisotopic (exact) mass is 293 g/mol. The van der Waals surface area contributed by atoms with Crippen LogP contribution in [0.4, 0.5) is 10.7 Å². The van der Waals surface area contributed by atoms with Crippen LogP contribution in [0.1, 0.15) is 41.9 Å². The van der Waals surface area contributed by atoms with Gasteiger partial charge in [-0.05, 0) is 25.7 Å². The van der Waals surface area contributed by atoms with Crippen molar-refractivity contribution in [2.24, 2.45) is 5.92 Å². The molecule has 5 nitrogen and oxygen atoms in total. The Hall–Kier alpha value is -1.74. The number of nitriles is 1. The van der Waals surface area contributed by atoms with Crippen molar-refractivity contribution in [3.63, 3.8) is 0 Å². The number of carbonyl (C=O) groups is 1. The van der Waals surface area contributed by atoms with E-state index in [0.717, 1.165) is 24.5 Å². The fraction of sp³-hybridized carbons (Fsp3) is 0.571. The van der Waals surface area contributed by atoms with Gasteiger partial charge in [0.15, 0.2) is 0 Å². The third kappa shape index (κ3) is 2.73. The van der Waals surface area contributed by atoms with Crippen LogP contribution in [0.5, 0.6) is 0 Å². The van der Waals surface area contributed by atoms with Crippen molar-refractivity contribution < 1.29 is 9.53 Å². The molecule has 20 heavy (non-hydrogen) atoms. The van der Waals surface area contributed by atoms with Crippen molar-refractivity contribution >= 4 is 28.0 Å². The van der Waals surface area contributed by atoms with E-state index in [1.165, 1.54) is 17.8 Å². The summed E-state index contributed by atoms with van der Waals surface area (Å²) >= 11 is 1.27. The first-order valence-corrected chi connectivity index (χ1v) is 7.64. The van der Waals surface area contributed by atoms with E-state index in [-0.39, 0.29) is 5.69 Å². The Balaban J connectivity index is 2.36. The Morgan fingerprint density at radius 2 is 2.40 bits per heavy atom. The van der Waals surface area contributed by atoms with Gasteiger partial charge >= 0.3 is 5.97 Å². The SMILES string of the molecule is CCOC(=O)c1sc(N2CCCC(C)C2)c(C#N)c1N. The van der Waals surface area contributed by atoms with E-state index in [2.05, 4.69) is 17.9 Å². The molecule has 0 spiro atoms. The second-order valence-corrected chi connectivity index (χ2v) is 6.05. The predicted molar refractivity (Wildman–Crippen MR) is 80.0 cm³/mol. The van der Waals surface area contributed by atoms with E-state index in [0.29, 0.717) is 23.0 Å². The highest BCUT2D eigenvalue weighted by Gasteiger charge is 2.27. The fourth-order valence-electron chi connectivity index (χ4n) is 2.48. The van der Waals surface area contributed by atoms with E-state index in [4.69, 9.17) is 10.5 Å². The maximum Gasteiger partial charge on any atom is 0.350 e. The molecule has 0 saturated carbocycles. The number of ether oxygens (including phenoxy) is 1. The average molecular weight is 293 g/mol. The fourth-order valence-corrected chi connectivity index (χ4v) is 3.58. The lowest BCUT2D eigenvalue weighted by atomic mass is 10.0. The number of anilines is 2. The van der Waals surface area contributed by atoms with E-state index >= 15 is 0 Å². The van der Waals surface area contributed by atoms with Crippen LogP contribution in [0, 0.1) is 17.2 Å². The molecular formula is C14H19N3O2S. The van der Waals surface area contributed by atoms with Crippen LogP contribution < -0.4 is 10.6 Å². The topological polar surface area (TPSA) is 79.3 Å². The van der Waals surface area contributed by atoms with Crippen LogP contribution in [0.25, 0.3) is 0 Å². The molecule has 2 heterocycles. The summed E-state index contributed by atoms with van der Waals surface area (Å²) in [6.07, 6.45) is 2.29. The van der Waals surface area contributed by atoms with Crippen molar-refractivity contribution in [1.82, 2.24) is 0 Å². The third-order valence-electron chi connectivity index (χ3n) is 3.44. The Kier molecular flexibility index (Phi) is 4.50. The summed E-state index contributed by atoms with van der Waals surface area (Å²) in [5.74, 6) is 0.146. The largest absolute Gasteiger partial charge is 0.462 e. The number of thiophene rings is 1. The molecule has 6 heteroatoms. The first-order valence-electron chi connectivity index (χ1n) is 6.82. The lowest BCUT2D eigenvalue weighted by Gasteiger charge is -2.31. The summed E-state index contributed by atoms with van der Waals surface area (Å²) in [4.78, 5) is 14.4. The molecule has 0 aromatic carbocycles. The maximum atomic E-state index is 11.9. The Morgan fingerprint density at radius 3 is 3.00 bits per heavy atom. The number of hydrogen-bond acceptors (Lipinski definition) is 6. The van der Waals surface area contributed by atoms with Gasteiger partial charge in [-0.1, -0.05) is 6.92 Å². The lowest BCUT2D eigenvalue weighted by Crippen LogP contribution is -2.34. The summed E-state index contributed by atoms with van der Waals surface area (Å²) in [5.41, 5.74) is 6.61. The van der Waals surface area contributed by atoms with Crippen LogP contribution in [-0.4, -0.2) is 25.7 Å². The molecule has 0 radical (unpaired) electrons. The molecule has 1 aromatic heterocycles. The van der Waals surface area contributed by atoms with Crippen molar-refractivity contribution in [1.29, 1.82) is 5.26 Å². The van der Waals surface area contributed by atoms with Crippen molar-refractivity contribution in [2.75, 3.05) is 30.3 Å².